The van der Waals surface area contributed by atoms with E-state index in [4.69, 9.17) is 4.74 Å². The molecule has 1 aromatic heterocycles. The van der Waals surface area contributed by atoms with E-state index >= 15 is 0 Å². The van der Waals surface area contributed by atoms with Crippen LogP contribution in [0.3, 0.4) is 0 Å². The predicted octanol–water partition coefficient (Wildman–Crippen LogP) is 3.55. The molecule has 0 saturated heterocycles. The number of aryl methyl sites for hydroxylation is 1. The number of anilines is 1. The van der Waals surface area contributed by atoms with Crippen LogP contribution < -0.4 is 5.32 Å². The lowest BCUT2D eigenvalue weighted by Crippen LogP contribution is -2.15. The van der Waals surface area contributed by atoms with Crippen LogP contribution in [0.2, 0.25) is 0 Å². The van der Waals surface area contributed by atoms with Crippen LogP contribution in [0, 0.1) is 6.92 Å². The van der Waals surface area contributed by atoms with Gasteiger partial charge >= 0.3 is 0 Å². The maximum Gasteiger partial charge on any atom is 0.291 e. The van der Waals surface area contributed by atoms with Crippen molar-refractivity contribution in [1.29, 1.82) is 0 Å². The molecule has 0 fully saturated rings. The van der Waals surface area contributed by atoms with Gasteiger partial charge in [0.05, 0.1) is 11.3 Å². The van der Waals surface area contributed by atoms with Crippen LogP contribution in [0.1, 0.15) is 29.3 Å². The molecule has 1 heterocycles. The number of hydrogen-bond donors (Lipinski definition) is 1. The number of thiophene rings is 1. The highest BCUT2D eigenvalue weighted by atomic mass is 32.1. The number of allylic oxidation sites excluding steroid dienone is 1. The van der Waals surface area contributed by atoms with Gasteiger partial charge in [-0.15, -0.1) is 11.3 Å². The van der Waals surface area contributed by atoms with Crippen molar-refractivity contribution in [3.05, 3.63) is 40.7 Å². The number of fused-ring (bicyclic) bond motifs is 1. The van der Waals surface area contributed by atoms with Gasteiger partial charge in [0, 0.05) is 4.88 Å². The molecular weight excluding hydrogens is 246 g/mol. The molecule has 2 rings (SSSR count). The number of carbonyl (C=O) groups is 1. The summed E-state index contributed by atoms with van der Waals surface area (Å²) in [6.07, 6.45) is 6.39. The third kappa shape index (κ3) is 2.34. The van der Waals surface area contributed by atoms with E-state index in [0.29, 0.717) is 0 Å². The Morgan fingerprint density at radius 3 is 2.89 bits per heavy atom. The van der Waals surface area contributed by atoms with Gasteiger partial charge in [0.25, 0.3) is 5.91 Å². The molecule has 0 radical (unpaired) electrons. The van der Waals surface area contributed by atoms with Crippen LogP contribution >= 0.6 is 11.3 Å². The fraction of sp³-hybridized carbons (Fsp3) is 0.357. The molecule has 3 nitrogen and oxygen atoms in total. The van der Waals surface area contributed by atoms with E-state index in [1.807, 2.05) is 0 Å². The molecule has 1 aromatic rings. The average molecular weight is 263 g/mol. The third-order valence-electron chi connectivity index (χ3n) is 3.11. The molecule has 0 saturated carbocycles. The van der Waals surface area contributed by atoms with E-state index in [1.54, 1.807) is 24.3 Å². The predicted molar refractivity (Wildman–Crippen MR) is 74.7 cm³/mol. The smallest absolute Gasteiger partial charge is 0.291 e. The fourth-order valence-corrected chi connectivity index (χ4v) is 3.48. The quantitative estimate of drug-likeness (QED) is 0.666. The Labute approximate surface area is 111 Å². The van der Waals surface area contributed by atoms with Gasteiger partial charge in [-0.05, 0) is 50.3 Å². The van der Waals surface area contributed by atoms with Crippen LogP contribution in [0.4, 0.5) is 5.00 Å². The van der Waals surface area contributed by atoms with Crippen molar-refractivity contribution in [2.45, 2.75) is 33.1 Å². The average Bonchev–Trinajstić information content (AvgIpc) is 2.91. The van der Waals surface area contributed by atoms with Crippen LogP contribution in [0.5, 0.6) is 0 Å². The van der Waals surface area contributed by atoms with Gasteiger partial charge in [0.1, 0.15) is 0 Å². The maximum atomic E-state index is 12.0. The maximum absolute atomic E-state index is 12.0. The SMILES string of the molecule is C=CO/C(=C\C)C(=O)Nc1sc2c(c1C)CCC2. The van der Waals surface area contributed by atoms with Crippen molar-refractivity contribution < 1.29 is 9.53 Å². The molecule has 0 aromatic carbocycles. The third-order valence-corrected chi connectivity index (χ3v) is 4.42. The summed E-state index contributed by atoms with van der Waals surface area (Å²) >= 11 is 1.68. The van der Waals surface area contributed by atoms with Gasteiger partial charge in [-0.25, -0.2) is 0 Å². The van der Waals surface area contributed by atoms with E-state index in [9.17, 15) is 4.79 Å². The molecule has 0 aliphatic heterocycles. The molecule has 0 atom stereocenters. The Hall–Kier alpha value is -1.55. The van der Waals surface area contributed by atoms with E-state index in [2.05, 4.69) is 18.8 Å². The highest BCUT2D eigenvalue weighted by Crippen LogP contribution is 2.38. The molecule has 1 aliphatic carbocycles. The zero-order valence-corrected chi connectivity index (χ0v) is 11.5. The minimum atomic E-state index is -0.222. The van der Waals surface area contributed by atoms with Crippen LogP contribution in [0.25, 0.3) is 0 Å². The first-order valence-corrected chi connectivity index (χ1v) is 6.85. The van der Waals surface area contributed by atoms with Crippen molar-refractivity contribution in [2.24, 2.45) is 0 Å². The zero-order valence-electron chi connectivity index (χ0n) is 10.7. The lowest BCUT2D eigenvalue weighted by Gasteiger charge is -2.07. The molecule has 1 amide bonds. The molecule has 1 N–H and O–H groups in total. The molecule has 0 unspecified atom stereocenters. The first-order valence-electron chi connectivity index (χ1n) is 6.03. The summed E-state index contributed by atoms with van der Waals surface area (Å²) in [6.45, 7) is 7.29. The highest BCUT2D eigenvalue weighted by Gasteiger charge is 2.21. The Morgan fingerprint density at radius 1 is 1.50 bits per heavy atom. The number of ether oxygens (including phenoxy) is 1. The first-order chi connectivity index (χ1) is 8.67. The molecule has 0 bridgehead atoms. The van der Waals surface area contributed by atoms with Crippen molar-refractivity contribution in [2.75, 3.05) is 5.32 Å². The topological polar surface area (TPSA) is 38.3 Å². The van der Waals surface area contributed by atoms with Crippen molar-refractivity contribution >= 4 is 22.2 Å². The van der Waals surface area contributed by atoms with Crippen LogP contribution in [0.15, 0.2) is 24.7 Å². The minimum Gasteiger partial charge on any atom is -0.460 e. The van der Waals surface area contributed by atoms with Gasteiger partial charge < -0.3 is 10.1 Å². The van der Waals surface area contributed by atoms with Gasteiger partial charge in [-0.1, -0.05) is 6.58 Å². The molecule has 0 spiro atoms. The summed E-state index contributed by atoms with van der Waals surface area (Å²) < 4.78 is 5.06. The van der Waals surface area contributed by atoms with Crippen molar-refractivity contribution in [3.63, 3.8) is 0 Å². The monoisotopic (exact) mass is 263 g/mol. The Bertz CT molecular complexity index is 514. The van der Waals surface area contributed by atoms with Gasteiger partial charge in [-0.3, -0.25) is 4.79 Å². The van der Waals surface area contributed by atoms with Gasteiger partial charge in [0.15, 0.2) is 5.76 Å². The standard InChI is InChI=1S/C14H17NO2S/c1-4-11(17-5-2)13(16)15-14-9(3)10-7-6-8-12(10)18-14/h4-5H,2,6-8H2,1,3H3,(H,15,16)/b11-4-. The summed E-state index contributed by atoms with van der Waals surface area (Å²) in [6, 6.07) is 0. The number of carbonyl (C=O) groups excluding carboxylic acids is 1. The second-order valence-corrected chi connectivity index (χ2v) is 5.31. The minimum absolute atomic E-state index is 0.222. The molecule has 96 valence electrons. The molecule has 18 heavy (non-hydrogen) atoms. The Balaban J connectivity index is 2.15. The molecule has 4 heteroatoms. The second kappa shape index (κ2) is 5.40. The summed E-state index contributed by atoms with van der Waals surface area (Å²) in [5.41, 5.74) is 2.62. The number of nitrogens with one attached hydrogen (secondary N) is 1. The van der Waals surface area contributed by atoms with Crippen LogP contribution in [-0.2, 0) is 22.4 Å². The lowest BCUT2D eigenvalue weighted by atomic mass is 10.1. The van der Waals surface area contributed by atoms with E-state index in [-0.39, 0.29) is 11.7 Å². The van der Waals surface area contributed by atoms with E-state index in [1.165, 1.54) is 28.7 Å². The highest BCUT2D eigenvalue weighted by molar-refractivity contribution is 7.16. The number of hydrogen-bond acceptors (Lipinski definition) is 3. The van der Waals surface area contributed by atoms with Crippen LogP contribution in [-0.4, -0.2) is 5.91 Å². The number of amides is 1. The normalized spacial score (nSPS) is 14.2. The van der Waals surface area contributed by atoms with Crippen molar-refractivity contribution in [3.8, 4) is 0 Å². The van der Waals surface area contributed by atoms with Gasteiger partial charge in [0.2, 0.25) is 0 Å². The molecule has 1 aliphatic rings. The molecular formula is C14H17NO2S. The van der Waals surface area contributed by atoms with Gasteiger partial charge in [-0.2, -0.15) is 0 Å². The Kier molecular flexibility index (Phi) is 3.87. The Morgan fingerprint density at radius 2 is 2.28 bits per heavy atom. The fourth-order valence-electron chi connectivity index (χ4n) is 2.19. The lowest BCUT2D eigenvalue weighted by molar-refractivity contribution is -0.115. The first kappa shape index (κ1) is 12.9. The zero-order chi connectivity index (χ0) is 13.1. The number of rotatable bonds is 4. The largest absolute Gasteiger partial charge is 0.460 e. The van der Waals surface area contributed by atoms with E-state index in [0.717, 1.165) is 17.8 Å². The second-order valence-electron chi connectivity index (χ2n) is 4.20. The summed E-state index contributed by atoms with van der Waals surface area (Å²) in [5, 5.41) is 3.86. The summed E-state index contributed by atoms with van der Waals surface area (Å²) in [5.74, 6) is 0.0541. The van der Waals surface area contributed by atoms with E-state index < -0.39 is 0 Å². The van der Waals surface area contributed by atoms with Crippen molar-refractivity contribution in [1.82, 2.24) is 0 Å². The summed E-state index contributed by atoms with van der Waals surface area (Å²) in [4.78, 5) is 13.4. The summed E-state index contributed by atoms with van der Waals surface area (Å²) in [7, 11) is 0.